The Bertz CT molecular complexity index is 2000. The zero-order valence-corrected chi connectivity index (χ0v) is 21.7. The number of hydrogen-bond acceptors (Lipinski definition) is 9. The Morgan fingerprint density at radius 3 is 2.59 bits per heavy atom. The van der Waals surface area contributed by atoms with Gasteiger partial charge in [-0.3, -0.25) is 23.9 Å². The number of carbonyl (C=O) groups excluding carboxylic acids is 2. The smallest absolute Gasteiger partial charge is 0.280 e. The predicted molar refractivity (Wildman–Crippen MR) is 150 cm³/mol. The number of aromatic amines is 1. The van der Waals surface area contributed by atoms with Gasteiger partial charge in [-0.15, -0.1) is 0 Å². The van der Waals surface area contributed by atoms with Gasteiger partial charge in [0.2, 0.25) is 11.9 Å². The molecule has 3 atom stereocenters. The summed E-state index contributed by atoms with van der Waals surface area (Å²) in [5.74, 6) is -0.395. The molecule has 12 nitrogen and oxygen atoms in total. The van der Waals surface area contributed by atoms with E-state index in [-0.39, 0.29) is 41.0 Å². The van der Waals surface area contributed by atoms with Gasteiger partial charge >= 0.3 is 0 Å². The highest BCUT2D eigenvalue weighted by molar-refractivity contribution is 6.28. The molecule has 2 aromatic heterocycles. The van der Waals surface area contributed by atoms with Crippen molar-refractivity contribution in [2.75, 3.05) is 17.7 Å². The van der Waals surface area contributed by atoms with Crippen molar-refractivity contribution in [2.24, 2.45) is 0 Å². The van der Waals surface area contributed by atoms with Crippen molar-refractivity contribution >= 4 is 45.3 Å². The van der Waals surface area contributed by atoms with Gasteiger partial charge in [0, 0.05) is 40.8 Å². The molecule has 1 fully saturated rings. The number of nitrogens with zero attached hydrogens (tertiary/aromatic N) is 3. The molecule has 206 valence electrons. The number of carbonyl (C=O) groups is 2. The second kappa shape index (κ2) is 9.06. The summed E-state index contributed by atoms with van der Waals surface area (Å²) in [7, 11) is 0. The lowest BCUT2D eigenvalue weighted by Crippen LogP contribution is -2.24. The molecule has 1 amide bonds. The predicted octanol–water partition coefficient (Wildman–Crippen LogP) is 2.33. The van der Waals surface area contributed by atoms with Gasteiger partial charge in [-0.2, -0.15) is 4.98 Å². The quantitative estimate of drug-likeness (QED) is 0.219. The number of aliphatic hydroxyl groups is 2. The van der Waals surface area contributed by atoms with Crippen LogP contribution in [0.4, 0.5) is 11.6 Å². The molecule has 7 rings (SSSR count). The topological polar surface area (TPSA) is 185 Å². The molecule has 0 radical (unpaired) electrons. The molecule has 5 aromatic rings. The summed E-state index contributed by atoms with van der Waals surface area (Å²) in [6, 6.07) is 14.4. The van der Waals surface area contributed by atoms with Gasteiger partial charge in [0.05, 0.1) is 18.4 Å². The number of benzene rings is 3. The summed E-state index contributed by atoms with van der Waals surface area (Å²) in [5.41, 5.74) is 8.73. The summed E-state index contributed by atoms with van der Waals surface area (Å²) in [5, 5.41) is 24.5. The summed E-state index contributed by atoms with van der Waals surface area (Å²) in [4.78, 5) is 50.4. The van der Waals surface area contributed by atoms with E-state index in [1.807, 2.05) is 24.3 Å². The van der Waals surface area contributed by atoms with Gasteiger partial charge in [0.15, 0.2) is 16.9 Å². The SMILES string of the molecule is CC(=O)Nc1c(-c2nc3c(=O)[nH]c(N)nc3n2[C@H]2C[C@H](O)[C@@H](CO)O2)cc2c3c(cccc13)C(=O)c1ccccc1-2. The van der Waals surface area contributed by atoms with Gasteiger partial charge in [0.1, 0.15) is 18.2 Å². The number of nitrogen functional groups attached to an aromatic ring is 1. The maximum atomic E-state index is 13.5. The third-order valence-corrected chi connectivity index (χ3v) is 7.65. The van der Waals surface area contributed by atoms with Crippen molar-refractivity contribution in [2.45, 2.75) is 31.8 Å². The molecular formula is C29H24N6O6. The number of nitrogens with two attached hydrogens (primary N) is 1. The molecule has 6 N–H and O–H groups in total. The number of nitrogens with one attached hydrogen (secondary N) is 2. The molecule has 1 aliphatic carbocycles. The first kappa shape index (κ1) is 25.1. The van der Waals surface area contributed by atoms with Crippen LogP contribution in [0.2, 0.25) is 0 Å². The molecule has 0 unspecified atom stereocenters. The van der Waals surface area contributed by atoms with Gasteiger partial charge < -0.3 is 26.0 Å². The lowest BCUT2D eigenvalue weighted by atomic mass is 9.81. The number of rotatable bonds is 4. The number of amides is 1. The van der Waals surface area contributed by atoms with E-state index in [9.17, 15) is 24.6 Å². The van der Waals surface area contributed by atoms with E-state index in [2.05, 4.69) is 20.3 Å². The van der Waals surface area contributed by atoms with E-state index >= 15 is 0 Å². The summed E-state index contributed by atoms with van der Waals surface area (Å²) in [6.45, 7) is 0.957. The fourth-order valence-electron chi connectivity index (χ4n) is 5.94. The first-order chi connectivity index (χ1) is 19.8. The van der Waals surface area contributed by atoms with Crippen LogP contribution in [0, 0.1) is 0 Å². The number of hydrogen-bond donors (Lipinski definition) is 5. The van der Waals surface area contributed by atoms with Crippen molar-refractivity contribution in [1.82, 2.24) is 19.5 Å². The third-order valence-electron chi connectivity index (χ3n) is 7.65. The van der Waals surface area contributed by atoms with Gasteiger partial charge in [-0.05, 0) is 17.2 Å². The second-order valence-corrected chi connectivity index (χ2v) is 10.2. The molecule has 0 saturated carbocycles. The van der Waals surface area contributed by atoms with Gasteiger partial charge in [-0.1, -0.05) is 42.5 Å². The standard InChI is InChI=1S/C29H24N6O6/c1-12(37)31-23-15-7-4-8-16-22(15)17(13-5-2-3-6-14(13)25(16)39)9-18(23)26-32-24-27(33-29(30)34-28(24)40)35(26)21-10-19(38)20(11-36)41-21/h2-9,19-21,36,38H,10-11H2,1H3,(H,31,37)(H3,30,33,34,40)/t19-,20+,21+/m0/s1. The van der Waals surface area contributed by atoms with Crippen molar-refractivity contribution in [3.8, 4) is 22.5 Å². The number of ketones is 1. The summed E-state index contributed by atoms with van der Waals surface area (Å²) < 4.78 is 7.54. The van der Waals surface area contributed by atoms with Gasteiger partial charge in [-0.25, -0.2) is 4.98 Å². The highest BCUT2D eigenvalue weighted by Gasteiger charge is 2.38. The van der Waals surface area contributed by atoms with E-state index in [4.69, 9.17) is 10.5 Å². The maximum absolute atomic E-state index is 13.5. The third kappa shape index (κ3) is 3.69. The first-order valence-corrected chi connectivity index (χ1v) is 13.0. The van der Waals surface area contributed by atoms with Crippen molar-refractivity contribution in [1.29, 1.82) is 0 Å². The molecule has 1 saturated heterocycles. The largest absolute Gasteiger partial charge is 0.394 e. The van der Waals surface area contributed by atoms with Crippen LogP contribution in [0.15, 0.2) is 53.3 Å². The van der Waals surface area contributed by atoms with Crippen LogP contribution in [-0.2, 0) is 9.53 Å². The first-order valence-electron chi connectivity index (χ1n) is 13.0. The highest BCUT2D eigenvalue weighted by Crippen LogP contribution is 2.47. The number of ether oxygens (including phenoxy) is 1. The molecule has 0 spiro atoms. The minimum absolute atomic E-state index is 0.0217. The Morgan fingerprint density at radius 2 is 1.85 bits per heavy atom. The van der Waals surface area contributed by atoms with Crippen molar-refractivity contribution < 1.29 is 24.5 Å². The molecule has 1 aliphatic heterocycles. The summed E-state index contributed by atoms with van der Waals surface area (Å²) in [6.07, 6.45) is -2.64. The zero-order valence-electron chi connectivity index (χ0n) is 21.7. The molecule has 3 heterocycles. The lowest BCUT2D eigenvalue weighted by molar-refractivity contribution is -0.114. The average molecular weight is 553 g/mol. The van der Waals surface area contributed by atoms with E-state index in [1.54, 1.807) is 28.8 Å². The minimum Gasteiger partial charge on any atom is -0.394 e. The monoisotopic (exact) mass is 552 g/mol. The van der Waals surface area contributed by atoms with E-state index in [0.717, 1.165) is 5.56 Å². The Morgan fingerprint density at radius 1 is 1.10 bits per heavy atom. The van der Waals surface area contributed by atoms with E-state index in [0.29, 0.717) is 38.7 Å². The number of anilines is 2. The number of fused-ring (bicyclic) bond motifs is 3. The zero-order chi connectivity index (χ0) is 28.6. The fourth-order valence-corrected chi connectivity index (χ4v) is 5.94. The second-order valence-electron chi connectivity index (χ2n) is 10.2. The van der Waals surface area contributed by atoms with Crippen LogP contribution in [0.25, 0.3) is 44.5 Å². The molecule has 0 bridgehead atoms. The number of aliphatic hydroxyl groups excluding tert-OH is 2. The Kier molecular flexibility index (Phi) is 5.54. The van der Waals surface area contributed by atoms with E-state index < -0.39 is 30.6 Å². The lowest BCUT2D eigenvalue weighted by Gasteiger charge is -2.24. The fraction of sp³-hybridized carbons (Fsp3) is 0.207. The van der Waals surface area contributed by atoms with Crippen molar-refractivity contribution in [3.63, 3.8) is 0 Å². The Balaban J connectivity index is 1.61. The normalized spacial score (nSPS) is 19.6. The molecule has 41 heavy (non-hydrogen) atoms. The molecule has 2 aliphatic rings. The van der Waals surface area contributed by atoms with Crippen LogP contribution >= 0.6 is 0 Å². The van der Waals surface area contributed by atoms with Crippen LogP contribution in [0.3, 0.4) is 0 Å². The maximum Gasteiger partial charge on any atom is 0.280 e. The number of imidazole rings is 1. The molecule has 12 heteroatoms. The van der Waals surface area contributed by atoms with E-state index in [1.165, 1.54) is 6.92 Å². The molecular weight excluding hydrogens is 528 g/mol. The summed E-state index contributed by atoms with van der Waals surface area (Å²) >= 11 is 0. The minimum atomic E-state index is -0.984. The molecule has 3 aromatic carbocycles. The van der Waals surface area contributed by atoms with Crippen molar-refractivity contribution in [3.05, 3.63) is 70.0 Å². The Labute approximate surface area is 231 Å². The van der Waals surface area contributed by atoms with Crippen LogP contribution in [0.1, 0.15) is 35.5 Å². The number of H-pyrrole nitrogens is 1. The van der Waals surface area contributed by atoms with Crippen LogP contribution in [0.5, 0.6) is 0 Å². The average Bonchev–Trinajstić information content (AvgIpc) is 3.51. The highest BCUT2D eigenvalue weighted by atomic mass is 16.5. The Hall–Kier alpha value is -4.91. The number of aromatic nitrogens is 4. The van der Waals surface area contributed by atoms with Gasteiger partial charge in [0.25, 0.3) is 5.56 Å². The van der Waals surface area contributed by atoms with Crippen LogP contribution in [-0.4, -0.2) is 60.2 Å². The van der Waals surface area contributed by atoms with Crippen LogP contribution < -0.4 is 16.6 Å².